The van der Waals surface area contributed by atoms with Crippen LogP contribution in [0.3, 0.4) is 0 Å². The molecule has 6 heterocycles. The van der Waals surface area contributed by atoms with Crippen molar-refractivity contribution in [3.05, 3.63) is 68.9 Å². The Balaban J connectivity index is 1.04. The summed E-state index contributed by atoms with van der Waals surface area (Å²) in [6.07, 6.45) is 4.90. The third kappa shape index (κ3) is 15.1. The number of hydrogen-bond acceptors (Lipinski definition) is 17. The molecule has 356 valence electrons. The number of pyridine rings is 2. The van der Waals surface area contributed by atoms with Gasteiger partial charge in [0.25, 0.3) is 0 Å². The zero-order valence-corrected chi connectivity index (χ0v) is 42.7. The maximum Gasteiger partial charge on any atom is 0.509 e. The second kappa shape index (κ2) is 21.0. The number of anilines is 2. The van der Waals surface area contributed by atoms with Gasteiger partial charge in [-0.15, -0.1) is 20.4 Å². The third-order valence-corrected chi connectivity index (χ3v) is 11.4. The summed E-state index contributed by atoms with van der Waals surface area (Å²) < 4.78 is 24.4. The van der Waals surface area contributed by atoms with E-state index in [1.165, 1.54) is 0 Å². The molecule has 2 aliphatic heterocycles. The van der Waals surface area contributed by atoms with Gasteiger partial charge in [0.1, 0.15) is 33.8 Å². The average molecular weight is 1040 g/mol. The van der Waals surface area contributed by atoms with Gasteiger partial charge >= 0.3 is 18.1 Å². The minimum absolute atomic E-state index is 0.117. The molecule has 19 heteroatoms. The van der Waals surface area contributed by atoms with E-state index in [2.05, 4.69) is 82.7 Å². The number of hydrogen-bond donors (Lipinski definition) is 2. The Morgan fingerprint density at radius 1 is 0.606 bits per heavy atom. The summed E-state index contributed by atoms with van der Waals surface area (Å²) in [5.41, 5.74) is 0.916. The van der Waals surface area contributed by atoms with Gasteiger partial charge in [-0.25, -0.2) is 4.79 Å². The van der Waals surface area contributed by atoms with E-state index >= 15 is 0 Å². The lowest BCUT2D eigenvalue weighted by atomic mass is 9.96. The van der Waals surface area contributed by atoms with Crippen molar-refractivity contribution in [1.82, 2.24) is 41.0 Å². The molecule has 2 N–H and O–H groups in total. The number of nitrogens with zero attached hydrogens (tertiary/aromatic N) is 8. The smallest absolute Gasteiger partial charge is 0.459 e. The van der Waals surface area contributed by atoms with Crippen LogP contribution in [-0.4, -0.2) is 122 Å². The molecular weight excluding hydrogens is 976 g/mol. The van der Waals surface area contributed by atoms with Gasteiger partial charge in [0, 0.05) is 72.4 Å². The van der Waals surface area contributed by atoms with Gasteiger partial charge in [-0.05, 0) is 161 Å². The molecule has 2 aliphatic rings. The molecule has 4 aromatic rings. The zero-order valence-electron chi connectivity index (χ0n) is 39.5. The molecule has 0 spiro atoms. The Morgan fingerprint density at radius 3 is 1.35 bits per heavy atom. The van der Waals surface area contributed by atoms with E-state index in [0.717, 1.165) is 57.6 Å². The predicted octanol–water partition coefficient (Wildman–Crippen LogP) is 7.43. The second-order valence-electron chi connectivity index (χ2n) is 20.0. The minimum atomic E-state index is -1.00. The summed E-state index contributed by atoms with van der Waals surface area (Å²) in [4.78, 5) is 51.6. The first-order chi connectivity index (χ1) is 30.9. The Morgan fingerprint density at radius 2 is 1.00 bits per heavy atom. The fourth-order valence-electron chi connectivity index (χ4n) is 7.88. The summed E-state index contributed by atoms with van der Waals surface area (Å²) in [6, 6.07) is 11.7. The van der Waals surface area contributed by atoms with Crippen LogP contribution in [0.1, 0.15) is 93.2 Å². The Bertz CT molecular complexity index is 2180. The lowest BCUT2D eigenvalue weighted by Gasteiger charge is -2.30. The summed E-state index contributed by atoms with van der Waals surface area (Å²) in [6.45, 7) is 21.6. The summed E-state index contributed by atoms with van der Waals surface area (Å²) in [7, 11) is 0. The van der Waals surface area contributed by atoms with Gasteiger partial charge in [-0.2, -0.15) is 0 Å². The van der Waals surface area contributed by atoms with E-state index in [1.54, 1.807) is 12.4 Å². The highest BCUT2D eigenvalue weighted by Gasteiger charge is 2.33. The average Bonchev–Trinajstić information content (AvgIpc) is 3.88. The molecule has 0 bridgehead atoms. The first-order valence-corrected chi connectivity index (χ1v) is 23.8. The minimum Gasteiger partial charge on any atom is -0.459 e. The fraction of sp³-hybridized carbons (Fsp3) is 0.553. The molecule has 2 saturated heterocycles. The van der Waals surface area contributed by atoms with Crippen molar-refractivity contribution in [1.29, 1.82) is 0 Å². The van der Waals surface area contributed by atoms with E-state index < -0.39 is 28.6 Å². The van der Waals surface area contributed by atoms with Crippen LogP contribution in [0.25, 0.3) is 22.8 Å². The molecule has 2 atom stereocenters. The predicted molar refractivity (Wildman–Crippen MR) is 258 cm³/mol. The van der Waals surface area contributed by atoms with Crippen LogP contribution >= 0.6 is 31.9 Å². The van der Waals surface area contributed by atoms with Gasteiger partial charge in [0.05, 0.1) is 24.5 Å². The highest BCUT2D eigenvalue weighted by molar-refractivity contribution is 9.10. The molecule has 2 fully saturated rings. The number of rotatable bonds is 16. The van der Waals surface area contributed by atoms with Crippen molar-refractivity contribution in [2.24, 2.45) is 0 Å². The van der Waals surface area contributed by atoms with Crippen LogP contribution in [0.15, 0.2) is 57.7 Å². The topological polar surface area (TPSA) is 196 Å². The summed E-state index contributed by atoms with van der Waals surface area (Å²) >= 11 is 7.11. The maximum atomic E-state index is 13.5. The zero-order chi connectivity index (χ0) is 48.0. The van der Waals surface area contributed by atoms with Crippen molar-refractivity contribution < 1.29 is 33.3 Å². The third-order valence-electron chi connectivity index (χ3n) is 10.5. The van der Waals surface area contributed by atoms with E-state index in [0.29, 0.717) is 48.7 Å². The maximum absolute atomic E-state index is 13.5. The number of nitrogens with one attached hydrogen (secondary N) is 2. The lowest BCUT2D eigenvalue weighted by Crippen LogP contribution is -2.38. The first kappa shape index (κ1) is 50.6. The number of esters is 2. The molecule has 0 saturated carbocycles. The van der Waals surface area contributed by atoms with Crippen molar-refractivity contribution in [2.75, 3.05) is 49.1 Å². The van der Waals surface area contributed by atoms with Crippen LogP contribution in [0.4, 0.5) is 16.4 Å². The van der Waals surface area contributed by atoms with Crippen molar-refractivity contribution >= 4 is 61.6 Å². The van der Waals surface area contributed by atoms with Gasteiger partial charge in [0.2, 0.25) is 0 Å². The lowest BCUT2D eigenvalue weighted by molar-refractivity contribution is -0.154. The van der Waals surface area contributed by atoms with Gasteiger partial charge < -0.3 is 39.4 Å². The number of ether oxygens (including phenoxy) is 4. The standard InChI is InChI=1S/C47H62Br2N10O7/c1-44(2,3)63-39(60)25-50-33-15-17-58(27-33)37-13-11-35(54-56-37)41-29(19-31(48)23-52-41)21-46(7,8)65-43(62)66-47(9,10)22-30-20-32(49)24-53-42(30)36-12-14-38(57-55-36)59-18-16-34(28-59)51-26-40(61)64-45(4,5)6/h11-14,19-20,23-24,33-34,50-51H,15-18,21-22,25-28H2,1-10H3/t33-,34-/m1/s1. The van der Waals surface area contributed by atoms with Crippen LogP contribution in [-0.2, 0) is 41.4 Å². The summed E-state index contributed by atoms with van der Waals surface area (Å²) in [5, 5.41) is 24.8. The molecule has 0 aromatic carbocycles. The normalized spacial score (nSPS) is 16.9. The Kier molecular flexibility index (Phi) is 16.1. The van der Waals surface area contributed by atoms with E-state index in [1.807, 2.05) is 106 Å². The van der Waals surface area contributed by atoms with Crippen molar-refractivity contribution in [2.45, 2.75) is 129 Å². The fourth-order valence-corrected chi connectivity index (χ4v) is 8.63. The van der Waals surface area contributed by atoms with Gasteiger partial charge in [-0.1, -0.05) is 0 Å². The van der Waals surface area contributed by atoms with Crippen molar-refractivity contribution in [3.63, 3.8) is 0 Å². The first-order valence-electron chi connectivity index (χ1n) is 22.2. The van der Waals surface area contributed by atoms with Crippen LogP contribution in [0, 0.1) is 0 Å². The molecule has 0 aliphatic carbocycles. The van der Waals surface area contributed by atoms with E-state index in [4.69, 9.17) is 18.9 Å². The molecule has 0 radical (unpaired) electrons. The van der Waals surface area contributed by atoms with Crippen molar-refractivity contribution in [3.8, 4) is 22.8 Å². The molecular formula is C47H62Br2N10O7. The number of aromatic nitrogens is 6. The molecule has 0 unspecified atom stereocenters. The second-order valence-corrected chi connectivity index (χ2v) is 21.8. The summed E-state index contributed by atoms with van der Waals surface area (Å²) in [5.74, 6) is 0.892. The monoisotopic (exact) mass is 1040 g/mol. The molecule has 6 rings (SSSR count). The highest BCUT2D eigenvalue weighted by atomic mass is 79.9. The Labute approximate surface area is 404 Å². The van der Waals surface area contributed by atoms with Crippen LogP contribution in [0.5, 0.6) is 0 Å². The highest BCUT2D eigenvalue weighted by Crippen LogP contribution is 2.32. The van der Waals surface area contributed by atoms with E-state index in [-0.39, 0.29) is 37.1 Å². The molecule has 66 heavy (non-hydrogen) atoms. The molecule has 17 nitrogen and oxygen atoms in total. The SMILES string of the molecule is CC(C)(C)OC(=O)CN[C@@H]1CCN(c2ccc(-c3ncc(Br)cc3CC(C)(C)OC(=O)OC(C)(C)Cc3cc(Br)cnc3-c3ccc(N4CC[C@@H](NCC(=O)OC(C)(C)C)C4)nn3)nn2)C1. The van der Waals surface area contributed by atoms with Crippen LogP contribution < -0.4 is 20.4 Å². The van der Waals surface area contributed by atoms with E-state index in [9.17, 15) is 14.4 Å². The number of carbonyl (C=O) groups is 3. The molecule has 0 amide bonds. The number of halogens is 2. The van der Waals surface area contributed by atoms with Crippen LogP contribution in [0.2, 0.25) is 0 Å². The largest absolute Gasteiger partial charge is 0.509 e. The molecule has 4 aromatic heterocycles. The quantitative estimate of drug-likeness (QED) is 0.0830. The Hall–Kier alpha value is -4.85. The van der Waals surface area contributed by atoms with Gasteiger partial charge in [-0.3, -0.25) is 19.6 Å². The van der Waals surface area contributed by atoms with Gasteiger partial charge in [0.15, 0.2) is 11.6 Å². The number of carbonyl (C=O) groups excluding carboxylic acids is 3.